The monoisotopic (exact) mass is 240 g/mol. The Morgan fingerprint density at radius 2 is 1.81 bits per heavy atom. The van der Waals surface area contributed by atoms with Crippen molar-refractivity contribution in [3.8, 4) is 0 Å². The second-order valence-electron chi connectivity index (χ2n) is 3.94. The van der Waals surface area contributed by atoms with Gasteiger partial charge in [-0.3, -0.25) is 4.79 Å². The SMILES string of the molecule is C=CCC/C(=C/C=O)O[Si](CC)(CC)CC. The third-order valence-electron chi connectivity index (χ3n) is 3.13. The smallest absolute Gasteiger partial charge is 0.250 e. The normalized spacial score (nSPS) is 12.3. The minimum absolute atomic E-state index is 0.789. The lowest BCUT2D eigenvalue weighted by Gasteiger charge is -2.30. The first-order chi connectivity index (χ1) is 7.67. The van der Waals surface area contributed by atoms with Gasteiger partial charge in [0, 0.05) is 12.5 Å². The van der Waals surface area contributed by atoms with Crippen molar-refractivity contribution in [3.05, 3.63) is 24.5 Å². The number of hydrogen-bond donors (Lipinski definition) is 0. The summed E-state index contributed by atoms with van der Waals surface area (Å²) in [5.74, 6) is 0.840. The fourth-order valence-corrected chi connectivity index (χ4v) is 4.39. The molecule has 0 aromatic heterocycles. The van der Waals surface area contributed by atoms with Gasteiger partial charge >= 0.3 is 0 Å². The summed E-state index contributed by atoms with van der Waals surface area (Å²) in [6.45, 7) is 10.2. The minimum atomic E-state index is -1.63. The summed E-state index contributed by atoms with van der Waals surface area (Å²) >= 11 is 0. The van der Waals surface area contributed by atoms with Crippen LogP contribution in [-0.2, 0) is 9.22 Å². The van der Waals surface area contributed by atoms with Gasteiger partial charge in [0.1, 0.15) is 6.29 Å². The first-order valence-electron chi connectivity index (χ1n) is 6.12. The van der Waals surface area contributed by atoms with Crippen molar-refractivity contribution in [2.45, 2.75) is 51.7 Å². The number of aldehydes is 1. The first-order valence-corrected chi connectivity index (χ1v) is 8.65. The average molecular weight is 240 g/mol. The van der Waals surface area contributed by atoms with Crippen molar-refractivity contribution in [2.75, 3.05) is 0 Å². The van der Waals surface area contributed by atoms with Crippen LogP contribution in [0, 0.1) is 0 Å². The van der Waals surface area contributed by atoms with Crippen LogP contribution >= 0.6 is 0 Å². The Hall–Kier alpha value is -0.833. The molecule has 0 bridgehead atoms. The van der Waals surface area contributed by atoms with Gasteiger partial charge in [-0.05, 0) is 24.6 Å². The van der Waals surface area contributed by atoms with Crippen LogP contribution in [0.5, 0.6) is 0 Å². The lowest BCUT2D eigenvalue weighted by Crippen LogP contribution is -2.35. The van der Waals surface area contributed by atoms with E-state index >= 15 is 0 Å². The van der Waals surface area contributed by atoms with Crippen LogP contribution in [0.1, 0.15) is 33.6 Å². The molecule has 0 rings (SSSR count). The second kappa shape index (κ2) is 8.33. The predicted octanol–water partition coefficient (Wildman–Crippen LogP) is 4.06. The van der Waals surface area contributed by atoms with Crippen molar-refractivity contribution >= 4 is 14.6 Å². The second-order valence-corrected chi connectivity index (χ2v) is 8.63. The van der Waals surface area contributed by atoms with Gasteiger partial charge in [-0.1, -0.05) is 26.8 Å². The maximum Gasteiger partial charge on any atom is 0.250 e. The molecule has 0 amide bonds. The van der Waals surface area contributed by atoms with Crippen molar-refractivity contribution in [1.82, 2.24) is 0 Å². The Labute approximate surface area is 101 Å². The number of carbonyl (C=O) groups excluding carboxylic acids is 1. The summed E-state index contributed by atoms with van der Waals surface area (Å²) < 4.78 is 6.15. The summed E-state index contributed by atoms with van der Waals surface area (Å²) in [7, 11) is -1.63. The highest BCUT2D eigenvalue weighted by Crippen LogP contribution is 2.26. The molecule has 3 heteroatoms. The van der Waals surface area contributed by atoms with Gasteiger partial charge in [-0.2, -0.15) is 0 Å². The third-order valence-corrected chi connectivity index (χ3v) is 7.69. The highest BCUT2D eigenvalue weighted by molar-refractivity contribution is 6.73. The van der Waals surface area contributed by atoms with E-state index in [2.05, 4.69) is 27.4 Å². The molecule has 92 valence electrons. The quantitative estimate of drug-likeness (QED) is 0.200. The van der Waals surface area contributed by atoms with Gasteiger partial charge in [0.05, 0.1) is 5.76 Å². The first kappa shape index (κ1) is 15.2. The van der Waals surface area contributed by atoms with Crippen molar-refractivity contribution in [3.63, 3.8) is 0 Å². The number of rotatable bonds is 9. The van der Waals surface area contributed by atoms with Gasteiger partial charge in [0.25, 0.3) is 0 Å². The Morgan fingerprint density at radius 1 is 1.25 bits per heavy atom. The van der Waals surface area contributed by atoms with E-state index in [1.165, 1.54) is 0 Å². The van der Waals surface area contributed by atoms with E-state index in [-0.39, 0.29) is 0 Å². The molecular weight excluding hydrogens is 216 g/mol. The van der Waals surface area contributed by atoms with Crippen LogP contribution in [0.2, 0.25) is 18.1 Å². The molecule has 0 atom stereocenters. The van der Waals surface area contributed by atoms with Gasteiger partial charge in [-0.15, -0.1) is 6.58 Å². The minimum Gasteiger partial charge on any atom is -0.546 e. The van der Waals surface area contributed by atoms with Crippen LogP contribution in [0.15, 0.2) is 24.5 Å². The zero-order chi connectivity index (χ0) is 12.4. The molecule has 0 aliphatic rings. The summed E-state index contributed by atoms with van der Waals surface area (Å²) in [6, 6.07) is 3.30. The molecule has 0 aliphatic heterocycles. The van der Waals surface area contributed by atoms with Crippen molar-refractivity contribution in [2.24, 2.45) is 0 Å². The summed E-state index contributed by atoms with van der Waals surface area (Å²) in [5, 5.41) is 0. The Morgan fingerprint density at radius 3 is 2.19 bits per heavy atom. The molecule has 0 fully saturated rings. The predicted molar refractivity (Wildman–Crippen MR) is 71.9 cm³/mol. The van der Waals surface area contributed by atoms with E-state index in [1.807, 2.05) is 6.08 Å². The summed E-state index contributed by atoms with van der Waals surface area (Å²) in [5.41, 5.74) is 0. The molecule has 0 aliphatic carbocycles. The van der Waals surface area contributed by atoms with Crippen LogP contribution in [-0.4, -0.2) is 14.6 Å². The average Bonchev–Trinajstić information content (AvgIpc) is 2.33. The standard InChI is InChI=1S/C13H24O2Si/c1-5-9-10-13(11-12-14)15-16(6-2,7-3)8-4/h5,11-12H,1,6-10H2,2-4H3/b13-11-. The maximum absolute atomic E-state index is 10.6. The van der Waals surface area contributed by atoms with E-state index in [9.17, 15) is 4.79 Å². The number of carbonyl (C=O) groups is 1. The molecule has 0 spiro atoms. The van der Waals surface area contributed by atoms with Gasteiger partial charge in [-0.25, -0.2) is 0 Å². The molecule has 16 heavy (non-hydrogen) atoms. The number of hydrogen-bond acceptors (Lipinski definition) is 2. The van der Waals surface area contributed by atoms with E-state index in [4.69, 9.17) is 4.43 Å². The molecule has 0 aromatic rings. The van der Waals surface area contributed by atoms with Crippen LogP contribution in [0.25, 0.3) is 0 Å². The Bertz CT molecular complexity index is 234. The molecule has 0 heterocycles. The van der Waals surface area contributed by atoms with Gasteiger partial charge in [0.2, 0.25) is 8.32 Å². The fourth-order valence-electron chi connectivity index (χ4n) is 1.73. The van der Waals surface area contributed by atoms with Crippen LogP contribution in [0.4, 0.5) is 0 Å². The zero-order valence-electron chi connectivity index (χ0n) is 10.8. The van der Waals surface area contributed by atoms with E-state index < -0.39 is 8.32 Å². The van der Waals surface area contributed by atoms with Crippen LogP contribution < -0.4 is 0 Å². The molecule has 0 unspecified atom stereocenters. The topological polar surface area (TPSA) is 26.3 Å². The molecule has 2 nitrogen and oxygen atoms in total. The van der Waals surface area contributed by atoms with Gasteiger partial charge in [0.15, 0.2) is 0 Å². The Balaban J connectivity index is 4.63. The molecular formula is C13H24O2Si. The van der Waals surface area contributed by atoms with Crippen LogP contribution in [0.3, 0.4) is 0 Å². The summed E-state index contributed by atoms with van der Waals surface area (Å²) in [4.78, 5) is 10.6. The van der Waals surface area contributed by atoms with Gasteiger partial charge < -0.3 is 4.43 Å². The van der Waals surface area contributed by atoms with E-state index in [1.54, 1.807) is 6.08 Å². The number of allylic oxidation sites excluding steroid dienone is 3. The molecule has 0 saturated carbocycles. The Kier molecular flexibility index (Phi) is 7.90. The van der Waals surface area contributed by atoms with E-state index in [0.717, 1.165) is 43.0 Å². The van der Waals surface area contributed by atoms with E-state index in [0.29, 0.717) is 0 Å². The summed E-state index contributed by atoms with van der Waals surface area (Å²) in [6.07, 6.45) is 5.89. The molecule has 0 aromatic carbocycles. The largest absolute Gasteiger partial charge is 0.546 e. The maximum atomic E-state index is 10.6. The third kappa shape index (κ3) is 4.79. The molecule has 0 N–H and O–H groups in total. The highest BCUT2D eigenvalue weighted by atomic mass is 28.4. The molecule has 0 radical (unpaired) electrons. The molecule has 0 saturated heterocycles. The highest BCUT2D eigenvalue weighted by Gasteiger charge is 2.31. The van der Waals surface area contributed by atoms with Crippen molar-refractivity contribution < 1.29 is 9.22 Å². The van der Waals surface area contributed by atoms with Crippen molar-refractivity contribution in [1.29, 1.82) is 0 Å². The lowest BCUT2D eigenvalue weighted by atomic mass is 10.2. The lowest BCUT2D eigenvalue weighted by molar-refractivity contribution is -0.104. The zero-order valence-corrected chi connectivity index (χ0v) is 11.8. The fraction of sp³-hybridized carbons (Fsp3) is 0.615.